The summed E-state index contributed by atoms with van der Waals surface area (Å²) in [5.41, 5.74) is -0.959. The van der Waals surface area contributed by atoms with Crippen molar-refractivity contribution in [1.82, 2.24) is 4.98 Å². The number of amides is 1. The third kappa shape index (κ3) is 3.84. The number of carbonyl (C=O) groups is 1. The van der Waals surface area contributed by atoms with E-state index in [1.807, 2.05) is 0 Å². The second kappa shape index (κ2) is 6.30. The fraction of sp³-hybridized carbons (Fsp3) is 0.538. The molecule has 1 aliphatic heterocycles. The van der Waals surface area contributed by atoms with Crippen LogP contribution in [0.2, 0.25) is 0 Å². The zero-order valence-corrected chi connectivity index (χ0v) is 11.4. The largest absolute Gasteiger partial charge is 0.494 e. The molecule has 1 unspecified atom stereocenters. The average Bonchev–Trinajstić information content (AvgIpc) is 2.47. The number of alkyl halides is 3. The molecule has 1 saturated heterocycles. The second-order valence-electron chi connectivity index (χ2n) is 4.67. The van der Waals surface area contributed by atoms with E-state index in [2.05, 4.69) is 10.3 Å². The number of aromatic nitrogens is 1. The number of hydrogen-bond donors (Lipinski definition) is 1. The number of nitrogens with one attached hydrogen (secondary N) is 1. The van der Waals surface area contributed by atoms with Crippen LogP contribution in [-0.4, -0.2) is 31.2 Å². The van der Waals surface area contributed by atoms with Gasteiger partial charge in [-0.3, -0.25) is 4.79 Å². The van der Waals surface area contributed by atoms with Crippen LogP contribution in [0, 0.1) is 5.92 Å². The molecule has 0 aliphatic carbocycles. The van der Waals surface area contributed by atoms with Crippen LogP contribution in [0.3, 0.4) is 0 Å². The molecule has 0 aromatic carbocycles. The first-order chi connectivity index (χ1) is 9.91. The van der Waals surface area contributed by atoms with Crippen LogP contribution in [0.4, 0.5) is 18.9 Å². The van der Waals surface area contributed by atoms with E-state index in [1.54, 1.807) is 0 Å². The first kappa shape index (κ1) is 15.6. The van der Waals surface area contributed by atoms with Gasteiger partial charge in [-0.25, -0.2) is 4.98 Å². The number of pyridine rings is 1. The number of rotatable bonds is 3. The van der Waals surface area contributed by atoms with Gasteiger partial charge >= 0.3 is 6.18 Å². The quantitative estimate of drug-likeness (QED) is 0.932. The fourth-order valence-electron chi connectivity index (χ4n) is 2.04. The van der Waals surface area contributed by atoms with Gasteiger partial charge in [-0.2, -0.15) is 13.2 Å². The van der Waals surface area contributed by atoms with Crippen molar-refractivity contribution in [1.29, 1.82) is 0 Å². The highest BCUT2D eigenvalue weighted by Crippen LogP contribution is 2.33. The number of halogens is 3. The van der Waals surface area contributed by atoms with E-state index in [4.69, 9.17) is 9.47 Å². The molecule has 0 spiro atoms. The summed E-state index contributed by atoms with van der Waals surface area (Å²) < 4.78 is 47.8. The number of hydrogen-bond acceptors (Lipinski definition) is 4. The van der Waals surface area contributed by atoms with Crippen molar-refractivity contribution in [3.63, 3.8) is 0 Å². The van der Waals surface area contributed by atoms with Gasteiger partial charge in [-0.15, -0.1) is 0 Å². The van der Waals surface area contributed by atoms with Gasteiger partial charge in [0.2, 0.25) is 5.91 Å². The lowest BCUT2D eigenvalue weighted by Crippen LogP contribution is -2.30. The molecule has 1 fully saturated rings. The van der Waals surface area contributed by atoms with E-state index >= 15 is 0 Å². The normalized spacial score (nSPS) is 19.1. The molecule has 5 nitrogen and oxygen atoms in total. The molecule has 0 radical (unpaired) electrons. The van der Waals surface area contributed by atoms with Crippen molar-refractivity contribution < 1.29 is 27.4 Å². The average molecular weight is 304 g/mol. The minimum Gasteiger partial charge on any atom is -0.494 e. The molecular formula is C13H15F3N2O3. The van der Waals surface area contributed by atoms with E-state index < -0.39 is 11.9 Å². The lowest BCUT2D eigenvalue weighted by molar-refractivity contribution is -0.141. The third-order valence-corrected chi connectivity index (χ3v) is 3.17. The molecule has 0 saturated carbocycles. The van der Waals surface area contributed by atoms with Gasteiger partial charge in [0.25, 0.3) is 0 Å². The maximum atomic E-state index is 12.6. The Hall–Kier alpha value is -1.83. The smallest absolute Gasteiger partial charge is 0.433 e. The van der Waals surface area contributed by atoms with Crippen LogP contribution < -0.4 is 10.1 Å². The molecule has 1 aliphatic rings. The fourth-order valence-corrected chi connectivity index (χ4v) is 2.04. The predicted molar refractivity (Wildman–Crippen MR) is 68.0 cm³/mol. The van der Waals surface area contributed by atoms with Crippen LogP contribution >= 0.6 is 0 Å². The Bertz CT molecular complexity index is 514. The molecule has 1 atom stereocenters. The second-order valence-corrected chi connectivity index (χ2v) is 4.67. The number of methoxy groups -OCH3 is 1. The first-order valence-electron chi connectivity index (χ1n) is 6.41. The Balaban J connectivity index is 2.14. The Kier molecular flexibility index (Phi) is 4.66. The third-order valence-electron chi connectivity index (χ3n) is 3.17. The molecule has 1 aromatic rings. The van der Waals surface area contributed by atoms with Crippen LogP contribution in [0.25, 0.3) is 0 Å². The van der Waals surface area contributed by atoms with E-state index in [0.717, 1.165) is 18.7 Å². The van der Waals surface area contributed by atoms with Gasteiger partial charge in [0.1, 0.15) is 17.1 Å². The zero-order chi connectivity index (χ0) is 15.5. The van der Waals surface area contributed by atoms with Crippen LogP contribution in [0.5, 0.6) is 5.75 Å². The summed E-state index contributed by atoms with van der Waals surface area (Å²) >= 11 is 0. The molecule has 0 bridgehead atoms. The summed E-state index contributed by atoms with van der Waals surface area (Å²) in [6, 6.07) is 0.757. The van der Waals surface area contributed by atoms with Crippen molar-refractivity contribution in [3.8, 4) is 5.75 Å². The van der Waals surface area contributed by atoms with Crippen molar-refractivity contribution in [2.24, 2.45) is 5.92 Å². The van der Waals surface area contributed by atoms with Gasteiger partial charge in [-0.1, -0.05) is 0 Å². The van der Waals surface area contributed by atoms with Crippen LogP contribution in [0.15, 0.2) is 12.3 Å². The summed E-state index contributed by atoms with van der Waals surface area (Å²) in [5, 5.41) is 2.54. The Morgan fingerprint density at radius 3 is 2.86 bits per heavy atom. The molecular weight excluding hydrogens is 289 g/mol. The molecule has 2 heterocycles. The summed E-state index contributed by atoms with van der Waals surface area (Å²) in [7, 11) is 1.23. The standard InChI is InChI=1S/C13H15F3N2O3/c1-20-10-5-11(13(14,15)16)17-6-9(10)18-12(19)8-3-2-4-21-7-8/h5-6,8H,2-4,7H2,1H3,(H,18,19). The highest BCUT2D eigenvalue weighted by molar-refractivity contribution is 5.93. The van der Waals surface area contributed by atoms with Crippen molar-refractivity contribution in [3.05, 3.63) is 18.0 Å². The van der Waals surface area contributed by atoms with Gasteiger partial charge in [0.05, 0.1) is 25.8 Å². The molecule has 1 amide bonds. The zero-order valence-electron chi connectivity index (χ0n) is 11.4. The number of anilines is 1. The Morgan fingerprint density at radius 1 is 1.52 bits per heavy atom. The topological polar surface area (TPSA) is 60.5 Å². The van der Waals surface area contributed by atoms with Gasteiger partial charge in [0.15, 0.2) is 0 Å². The molecule has 1 aromatic heterocycles. The summed E-state index contributed by atoms with van der Waals surface area (Å²) in [6.45, 7) is 0.928. The number of carbonyl (C=O) groups excluding carboxylic acids is 1. The summed E-state index contributed by atoms with van der Waals surface area (Å²) in [6.07, 6.45) is -2.15. The van der Waals surface area contributed by atoms with E-state index in [0.29, 0.717) is 19.6 Å². The monoisotopic (exact) mass is 304 g/mol. The lowest BCUT2D eigenvalue weighted by atomic mass is 10.0. The molecule has 8 heteroatoms. The first-order valence-corrected chi connectivity index (χ1v) is 6.41. The van der Waals surface area contributed by atoms with E-state index in [1.165, 1.54) is 7.11 Å². The Morgan fingerprint density at radius 2 is 2.29 bits per heavy atom. The Labute approximate surface area is 119 Å². The maximum Gasteiger partial charge on any atom is 0.433 e. The molecule has 2 rings (SSSR count). The van der Waals surface area contributed by atoms with Crippen molar-refractivity contribution >= 4 is 11.6 Å². The van der Waals surface area contributed by atoms with Crippen LogP contribution in [-0.2, 0) is 15.7 Å². The molecule has 116 valence electrons. The maximum absolute atomic E-state index is 12.6. The van der Waals surface area contributed by atoms with Gasteiger partial charge < -0.3 is 14.8 Å². The van der Waals surface area contributed by atoms with Crippen molar-refractivity contribution in [2.45, 2.75) is 19.0 Å². The van der Waals surface area contributed by atoms with Gasteiger partial charge in [0, 0.05) is 12.7 Å². The summed E-state index contributed by atoms with van der Waals surface area (Å²) in [5.74, 6) is -0.706. The summed E-state index contributed by atoms with van der Waals surface area (Å²) in [4.78, 5) is 15.3. The predicted octanol–water partition coefficient (Wildman–Crippen LogP) is 2.47. The molecule has 21 heavy (non-hydrogen) atoms. The van der Waals surface area contributed by atoms with E-state index in [9.17, 15) is 18.0 Å². The number of ether oxygens (including phenoxy) is 2. The molecule has 1 N–H and O–H groups in total. The minimum absolute atomic E-state index is 0.0811. The lowest BCUT2D eigenvalue weighted by Gasteiger charge is -2.21. The van der Waals surface area contributed by atoms with Gasteiger partial charge in [-0.05, 0) is 12.8 Å². The van der Waals surface area contributed by atoms with E-state index in [-0.39, 0.29) is 23.3 Å². The minimum atomic E-state index is -4.56. The van der Waals surface area contributed by atoms with Crippen LogP contribution in [0.1, 0.15) is 18.5 Å². The van der Waals surface area contributed by atoms with Crippen molar-refractivity contribution in [2.75, 3.05) is 25.6 Å². The highest BCUT2D eigenvalue weighted by atomic mass is 19.4. The SMILES string of the molecule is COc1cc(C(F)(F)F)ncc1NC(=O)C1CCCOC1. The highest BCUT2D eigenvalue weighted by Gasteiger charge is 2.33. The number of nitrogens with zero attached hydrogens (tertiary/aromatic N) is 1.